The summed E-state index contributed by atoms with van der Waals surface area (Å²) in [7, 11) is 0. The number of carbonyl (C=O) groups is 1. The van der Waals surface area contributed by atoms with Crippen molar-refractivity contribution in [2.75, 3.05) is 24.6 Å². The molecule has 1 heterocycles. The summed E-state index contributed by atoms with van der Waals surface area (Å²) in [5.41, 5.74) is 3.69. The molecule has 25 heavy (non-hydrogen) atoms. The van der Waals surface area contributed by atoms with Crippen molar-refractivity contribution >= 4 is 28.6 Å². The van der Waals surface area contributed by atoms with Gasteiger partial charge in [0, 0.05) is 19.3 Å². The maximum absolute atomic E-state index is 11.8. The van der Waals surface area contributed by atoms with Gasteiger partial charge in [-0.25, -0.2) is 10.4 Å². The average molecular weight is 360 g/mol. The Morgan fingerprint density at radius 1 is 1.28 bits per heavy atom. The number of amides is 1. The Hall–Kier alpha value is -2.41. The lowest BCUT2D eigenvalue weighted by Crippen LogP contribution is -2.24. The minimum atomic E-state index is -0.302. The standard InChI is InChI=1S/C18H24N4O2S/c1-4-14-7-9-15(10-8-14)24-13-17(23)21-20-12-16-11-19-18(25-16)22(5-2)6-3/h7-12H,4-6,13H2,1-3H3,(H,21,23)/b20-12-. The second kappa shape index (κ2) is 9.78. The van der Waals surface area contributed by atoms with E-state index in [0.717, 1.165) is 29.5 Å². The average Bonchev–Trinajstić information content (AvgIpc) is 3.10. The third kappa shape index (κ3) is 5.86. The van der Waals surface area contributed by atoms with Gasteiger partial charge in [-0.1, -0.05) is 30.4 Å². The van der Waals surface area contributed by atoms with Crippen LogP contribution in [0.3, 0.4) is 0 Å². The maximum atomic E-state index is 11.8. The number of rotatable bonds is 9. The molecule has 2 aromatic rings. The van der Waals surface area contributed by atoms with E-state index >= 15 is 0 Å². The van der Waals surface area contributed by atoms with Crippen LogP contribution >= 0.6 is 11.3 Å². The van der Waals surface area contributed by atoms with Crippen molar-refractivity contribution in [1.82, 2.24) is 10.4 Å². The van der Waals surface area contributed by atoms with Crippen LogP contribution in [0.5, 0.6) is 5.75 Å². The van der Waals surface area contributed by atoms with Gasteiger partial charge in [-0.05, 0) is 38.0 Å². The molecule has 0 saturated carbocycles. The summed E-state index contributed by atoms with van der Waals surface area (Å²) in [5.74, 6) is 0.368. The van der Waals surface area contributed by atoms with E-state index in [1.165, 1.54) is 16.9 Å². The van der Waals surface area contributed by atoms with E-state index < -0.39 is 0 Å². The van der Waals surface area contributed by atoms with Crippen molar-refractivity contribution in [1.29, 1.82) is 0 Å². The molecule has 134 valence electrons. The predicted octanol–water partition coefficient (Wildman–Crippen LogP) is 3.08. The van der Waals surface area contributed by atoms with Crippen molar-refractivity contribution in [2.24, 2.45) is 5.10 Å². The lowest BCUT2D eigenvalue weighted by Gasteiger charge is -2.16. The first kappa shape index (κ1) is 18.9. The highest BCUT2D eigenvalue weighted by atomic mass is 32.1. The zero-order valence-corrected chi connectivity index (χ0v) is 15.7. The van der Waals surface area contributed by atoms with Gasteiger partial charge in [-0.2, -0.15) is 5.10 Å². The van der Waals surface area contributed by atoms with Gasteiger partial charge >= 0.3 is 0 Å². The molecule has 2 rings (SSSR count). The fraction of sp³-hybridized carbons (Fsp3) is 0.389. The Balaban J connectivity index is 1.78. The van der Waals surface area contributed by atoms with Crippen molar-refractivity contribution in [3.05, 3.63) is 40.9 Å². The number of aromatic nitrogens is 1. The van der Waals surface area contributed by atoms with Gasteiger partial charge in [-0.3, -0.25) is 4.79 Å². The Bertz CT molecular complexity index is 693. The van der Waals surface area contributed by atoms with Crippen molar-refractivity contribution in [3.63, 3.8) is 0 Å². The van der Waals surface area contributed by atoms with E-state index in [1.807, 2.05) is 24.3 Å². The van der Waals surface area contributed by atoms with Crippen LogP contribution in [0.1, 0.15) is 31.2 Å². The van der Waals surface area contributed by atoms with E-state index in [9.17, 15) is 4.79 Å². The Kier molecular flexibility index (Phi) is 7.40. The minimum absolute atomic E-state index is 0.0732. The van der Waals surface area contributed by atoms with Crippen LogP contribution in [0.15, 0.2) is 35.6 Å². The van der Waals surface area contributed by atoms with Crippen LogP contribution in [0.2, 0.25) is 0 Å². The van der Waals surface area contributed by atoms with Crippen LogP contribution in [-0.2, 0) is 11.2 Å². The van der Waals surface area contributed by atoms with Crippen LogP contribution in [0.25, 0.3) is 0 Å². The number of benzene rings is 1. The smallest absolute Gasteiger partial charge is 0.277 e. The molecule has 6 nitrogen and oxygen atoms in total. The SMILES string of the molecule is CCc1ccc(OCC(=O)N/N=C\c2cnc(N(CC)CC)s2)cc1. The number of nitrogens with one attached hydrogen (secondary N) is 1. The summed E-state index contributed by atoms with van der Waals surface area (Å²) in [6.45, 7) is 8.02. The quantitative estimate of drug-likeness (QED) is 0.551. The molecule has 0 aliphatic carbocycles. The van der Waals surface area contributed by atoms with Gasteiger partial charge in [0.1, 0.15) is 5.75 Å². The third-order valence-corrected chi connectivity index (χ3v) is 4.62. The van der Waals surface area contributed by atoms with E-state index in [1.54, 1.807) is 12.4 Å². The van der Waals surface area contributed by atoms with Gasteiger partial charge in [0.2, 0.25) is 0 Å². The highest BCUT2D eigenvalue weighted by Crippen LogP contribution is 2.20. The fourth-order valence-corrected chi connectivity index (χ4v) is 3.06. The molecule has 0 spiro atoms. The van der Waals surface area contributed by atoms with Gasteiger partial charge in [0.05, 0.1) is 11.1 Å². The fourth-order valence-electron chi connectivity index (χ4n) is 2.15. The summed E-state index contributed by atoms with van der Waals surface area (Å²) < 4.78 is 5.43. The maximum Gasteiger partial charge on any atom is 0.277 e. The monoisotopic (exact) mass is 360 g/mol. The number of carbonyl (C=O) groups excluding carboxylic acids is 1. The number of hydrogen-bond acceptors (Lipinski definition) is 6. The zero-order chi connectivity index (χ0) is 18.1. The van der Waals surface area contributed by atoms with Crippen molar-refractivity contribution < 1.29 is 9.53 Å². The van der Waals surface area contributed by atoms with Gasteiger partial charge < -0.3 is 9.64 Å². The first-order valence-electron chi connectivity index (χ1n) is 8.40. The molecule has 7 heteroatoms. The summed E-state index contributed by atoms with van der Waals surface area (Å²) in [5, 5.41) is 4.91. The normalized spacial score (nSPS) is 10.8. The Morgan fingerprint density at radius 3 is 2.64 bits per heavy atom. The zero-order valence-electron chi connectivity index (χ0n) is 14.9. The predicted molar refractivity (Wildman–Crippen MR) is 103 cm³/mol. The van der Waals surface area contributed by atoms with E-state index in [4.69, 9.17) is 4.74 Å². The lowest BCUT2D eigenvalue weighted by atomic mass is 10.2. The molecule has 1 amide bonds. The first-order chi connectivity index (χ1) is 12.2. The molecular weight excluding hydrogens is 336 g/mol. The summed E-state index contributed by atoms with van der Waals surface area (Å²) in [6, 6.07) is 7.70. The van der Waals surface area contributed by atoms with Crippen LogP contribution in [0.4, 0.5) is 5.13 Å². The lowest BCUT2D eigenvalue weighted by molar-refractivity contribution is -0.123. The van der Waals surface area contributed by atoms with Crippen LogP contribution < -0.4 is 15.1 Å². The summed E-state index contributed by atoms with van der Waals surface area (Å²) in [4.78, 5) is 19.2. The van der Waals surface area contributed by atoms with Gasteiger partial charge in [-0.15, -0.1) is 0 Å². The highest BCUT2D eigenvalue weighted by molar-refractivity contribution is 7.17. The van der Waals surface area contributed by atoms with E-state index in [0.29, 0.717) is 5.75 Å². The molecule has 0 bridgehead atoms. The van der Waals surface area contributed by atoms with Crippen molar-refractivity contribution in [3.8, 4) is 5.75 Å². The molecule has 1 aromatic heterocycles. The highest BCUT2D eigenvalue weighted by Gasteiger charge is 2.06. The van der Waals surface area contributed by atoms with E-state index in [-0.39, 0.29) is 12.5 Å². The number of thiazole rings is 1. The number of hydrogen-bond donors (Lipinski definition) is 1. The van der Waals surface area contributed by atoms with E-state index in [2.05, 4.69) is 41.2 Å². The molecule has 0 atom stereocenters. The van der Waals surface area contributed by atoms with Crippen LogP contribution in [-0.4, -0.2) is 36.8 Å². The van der Waals surface area contributed by atoms with Gasteiger partial charge in [0.25, 0.3) is 5.91 Å². The number of ether oxygens (including phenoxy) is 1. The van der Waals surface area contributed by atoms with Crippen molar-refractivity contribution in [2.45, 2.75) is 27.2 Å². The Morgan fingerprint density at radius 2 is 2.00 bits per heavy atom. The largest absolute Gasteiger partial charge is 0.484 e. The molecule has 0 aliphatic rings. The molecule has 0 radical (unpaired) electrons. The second-order valence-electron chi connectivity index (χ2n) is 5.30. The number of anilines is 1. The number of aryl methyl sites for hydroxylation is 1. The van der Waals surface area contributed by atoms with Crippen LogP contribution in [0, 0.1) is 0 Å². The summed E-state index contributed by atoms with van der Waals surface area (Å²) in [6.07, 6.45) is 4.32. The Labute approximate surface area is 152 Å². The number of hydrazone groups is 1. The second-order valence-corrected chi connectivity index (χ2v) is 6.34. The van der Waals surface area contributed by atoms with Gasteiger partial charge in [0.15, 0.2) is 11.7 Å². The topological polar surface area (TPSA) is 66.8 Å². The first-order valence-corrected chi connectivity index (χ1v) is 9.22. The summed E-state index contributed by atoms with van der Waals surface area (Å²) >= 11 is 1.54. The minimum Gasteiger partial charge on any atom is -0.484 e. The molecule has 0 unspecified atom stereocenters. The molecule has 0 fully saturated rings. The molecular formula is C18H24N4O2S. The molecule has 1 aromatic carbocycles. The molecule has 0 aliphatic heterocycles. The third-order valence-electron chi connectivity index (χ3n) is 3.63. The number of nitrogens with zero attached hydrogens (tertiary/aromatic N) is 3. The molecule has 1 N–H and O–H groups in total. The molecule has 0 saturated heterocycles.